The van der Waals surface area contributed by atoms with Crippen LogP contribution in [-0.2, 0) is 5.75 Å². The Bertz CT molecular complexity index is 979. The molecule has 0 atom stereocenters. The molecule has 0 spiro atoms. The van der Waals surface area contributed by atoms with Gasteiger partial charge in [0.05, 0.1) is 11.9 Å². The molecule has 0 saturated carbocycles. The molecule has 5 nitrogen and oxygen atoms in total. The molecule has 0 bridgehead atoms. The zero-order valence-corrected chi connectivity index (χ0v) is 14.4. The van der Waals surface area contributed by atoms with Gasteiger partial charge in [-0.05, 0) is 19.1 Å². The maximum absolute atomic E-state index is 5.78. The fourth-order valence-electron chi connectivity index (χ4n) is 2.40. The number of aryl methyl sites for hydroxylation is 1. The maximum Gasteiger partial charge on any atom is 0.277 e. The number of hydrogen-bond acceptors (Lipinski definition) is 6. The Hall–Kier alpha value is -2.86. The average molecular weight is 349 g/mol. The van der Waals surface area contributed by atoms with Gasteiger partial charge in [-0.3, -0.25) is 0 Å². The summed E-state index contributed by atoms with van der Waals surface area (Å²) in [6.45, 7) is 2.03. The number of benzene rings is 2. The molecule has 0 radical (unpaired) electrons. The van der Waals surface area contributed by atoms with Crippen LogP contribution in [0.4, 0.5) is 0 Å². The fourth-order valence-corrected chi connectivity index (χ4v) is 3.02. The predicted molar refractivity (Wildman–Crippen MR) is 96.0 cm³/mol. The molecule has 4 aromatic rings. The van der Waals surface area contributed by atoms with E-state index >= 15 is 0 Å². The molecule has 0 amide bonds. The summed E-state index contributed by atoms with van der Waals surface area (Å²) in [6, 6.07) is 17.9. The highest BCUT2D eigenvalue weighted by Crippen LogP contribution is 2.27. The van der Waals surface area contributed by atoms with Gasteiger partial charge in [-0.1, -0.05) is 59.8 Å². The molecule has 0 aliphatic rings. The minimum absolute atomic E-state index is 0.496. The molecule has 0 aliphatic carbocycles. The summed E-state index contributed by atoms with van der Waals surface area (Å²) in [5.74, 6) is 2.42. The molecule has 2 aromatic carbocycles. The number of nitrogens with zero attached hydrogens (tertiary/aromatic N) is 3. The van der Waals surface area contributed by atoms with Gasteiger partial charge in [0, 0.05) is 11.1 Å². The average Bonchev–Trinajstić information content (AvgIpc) is 3.30. The number of rotatable bonds is 5. The summed E-state index contributed by atoms with van der Waals surface area (Å²) in [7, 11) is 0. The van der Waals surface area contributed by atoms with Gasteiger partial charge in [0.15, 0.2) is 5.76 Å². The van der Waals surface area contributed by atoms with E-state index in [1.54, 1.807) is 6.20 Å². The summed E-state index contributed by atoms with van der Waals surface area (Å²) in [5, 5.41) is 8.68. The van der Waals surface area contributed by atoms with E-state index in [-0.39, 0.29) is 0 Å². The van der Waals surface area contributed by atoms with Crippen LogP contribution in [0.25, 0.3) is 22.8 Å². The van der Waals surface area contributed by atoms with E-state index < -0.39 is 0 Å². The molecule has 25 heavy (non-hydrogen) atoms. The van der Waals surface area contributed by atoms with Crippen molar-refractivity contribution < 1.29 is 8.83 Å². The van der Waals surface area contributed by atoms with Crippen LogP contribution in [0.1, 0.15) is 11.5 Å². The van der Waals surface area contributed by atoms with E-state index in [0.717, 1.165) is 22.5 Å². The van der Waals surface area contributed by atoms with Crippen molar-refractivity contribution in [2.45, 2.75) is 17.9 Å². The predicted octanol–water partition coefficient (Wildman–Crippen LogP) is 4.99. The highest BCUT2D eigenvalue weighted by Gasteiger charge is 2.12. The van der Waals surface area contributed by atoms with E-state index in [2.05, 4.69) is 15.2 Å². The van der Waals surface area contributed by atoms with Gasteiger partial charge in [0.1, 0.15) is 0 Å². The van der Waals surface area contributed by atoms with Gasteiger partial charge < -0.3 is 8.83 Å². The lowest BCUT2D eigenvalue weighted by molar-refractivity contribution is 0.464. The molecule has 0 saturated heterocycles. The van der Waals surface area contributed by atoms with Crippen molar-refractivity contribution in [2.24, 2.45) is 0 Å². The summed E-state index contributed by atoms with van der Waals surface area (Å²) < 4.78 is 11.5. The summed E-state index contributed by atoms with van der Waals surface area (Å²) in [4.78, 5) is 4.31. The van der Waals surface area contributed by atoms with Crippen molar-refractivity contribution in [3.05, 3.63) is 72.2 Å². The molecular weight excluding hydrogens is 334 g/mol. The third-order valence-electron chi connectivity index (χ3n) is 3.60. The van der Waals surface area contributed by atoms with Crippen molar-refractivity contribution >= 4 is 11.8 Å². The van der Waals surface area contributed by atoms with Crippen molar-refractivity contribution in [3.63, 3.8) is 0 Å². The van der Waals surface area contributed by atoms with Crippen molar-refractivity contribution in [1.82, 2.24) is 15.2 Å². The molecule has 4 rings (SSSR count). The lowest BCUT2D eigenvalue weighted by Crippen LogP contribution is -1.79. The van der Waals surface area contributed by atoms with E-state index in [1.807, 2.05) is 61.5 Å². The van der Waals surface area contributed by atoms with Gasteiger partial charge in [-0.2, -0.15) is 0 Å². The first-order chi connectivity index (χ1) is 12.3. The Labute approximate surface area is 149 Å². The molecule has 0 unspecified atom stereocenters. The number of thioether (sulfide) groups is 1. The van der Waals surface area contributed by atoms with Gasteiger partial charge in [-0.25, -0.2) is 4.98 Å². The summed E-state index contributed by atoms with van der Waals surface area (Å²) in [5.41, 5.74) is 3.07. The highest BCUT2D eigenvalue weighted by atomic mass is 32.2. The van der Waals surface area contributed by atoms with Gasteiger partial charge in [0.25, 0.3) is 5.22 Å². The SMILES string of the molecule is Cc1cccc(-c2nnc(SCc3ncc(-c4ccccc4)o3)o2)c1. The zero-order valence-electron chi connectivity index (χ0n) is 13.5. The number of oxazole rings is 1. The lowest BCUT2D eigenvalue weighted by Gasteiger charge is -1.96. The molecule has 6 heteroatoms. The monoisotopic (exact) mass is 349 g/mol. The second-order valence-corrected chi connectivity index (χ2v) is 6.44. The second-order valence-electron chi connectivity index (χ2n) is 5.52. The van der Waals surface area contributed by atoms with Crippen LogP contribution in [0.2, 0.25) is 0 Å². The van der Waals surface area contributed by atoms with E-state index in [0.29, 0.717) is 22.8 Å². The largest absolute Gasteiger partial charge is 0.440 e. The molecule has 124 valence electrons. The number of hydrogen-bond donors (Lipinski definition) is 0. The van der Waals surface area contributed by atoms with E-state index in [1.165, 1.54) is 11.8 Å². The Kier molecular flexibility index (Phi) is 4.35. The van der Waals surface area contributed by atoms with Crippen LogP contribution in [0.15, 0.2) is 74.9 Å². The van der Waals surface area contributed by atoms with Crippen LogP contribution >= 0.6 is 11.8 Å². The number of aromatic nitrogens is 3. The smallest absolute Gasteiger partial charge is 0.277 e. The van der Waals surface area contributed by atoms with Crippen molar-refractivity contribution in [3.8, 4) is 22.8 Å². The Morgan fingerprint density at radius 2 is 1.76 bits per heavy atom. The fraction of sp³-hybridized carbons (Fsp3) is 0.105. The Morgan fingerprint density at radius 3 is 2.60 bits per heavy atom. The van der Waals surface area contributed by atoms with Crippen LogP contribution < -0.4 is 0 Å². The topological polar surface area (TPSA) is 65.0 Å². The van der Waals surface area contributed by atoms with Crippen molar-refractivity contribution in [2.75, 3.05) is 0 Å². The molecule has 2 aromatic heterocycles. The lowest BCUT2D eigenvalue weighted by atomic mass is 10.1. The molecule has 0 fully saturated rings. The standard InChI is InChI=1S/C19H15N3O2S/c1-13-6-5-9-15(10-13)18-21-22-19(24-18)25-12-17-20-11-16(23-17)14-7-3-2-4-8-14/h2-11H,12H2,1H3. The van der Waals surface area contributed by atoms with Crippen molar-refractivity contribution in [1.29, 1.82) is 0 Å². The maximum atomic E-state index is 5.78. The summed E-state index contributed by atoms with van der Waals surface area (Å²) in [6.07, 6.45) is 1.73. The first-order valence-corrected chi connectivity index (χ1v) is 8.80. The Morgan fingerprint density at radius 1 is 0.920 bits per heavy atom. The van der Waals surface area contributed by atoms with Gasteiger partial charge >= 0.3 is 0 Å². The first kappa shape index (κ1) is 15.7. The third kappa shape index (κ3) is 3.64. The third-order valence-corrected chi connectivity index (χ3v) is 4.41. The highest BCUT2D eigenvalue weighted by molar-refractivity contribution is 7.98. The van der Waals surface area contributed by atoms with Gasteiger partial charge in [-0.15, -0.1) is 10.2 Å². The van der Waals surface area contributed by atoms with Gasteiger partial charge in [0.2, 0.25) is 11.8 Å². The minimum atomic E-state index is 0.496. The Balaban J connectivity index is 1.43. The van der Waals surface area contributed by atoms with Crippen LogP contribution in [0.3, 0.4) is 0 Å². The van der Waals surface area contributed by atoms with Crippen LogP contribution in [0.5, 0.6) is 0 Å². The second kappa shape index (κ2) is 6.94. The van der Waals surface area contributed by atoms with Crippen LogP contribution in [0, 0.1) is 6.92 Å². The zero-order chi connectivity index (χ0) is 17.1. The quantitative estimate of drug-likeness (QED) is 0.473. The summed E-state index contributed by atoms with van der Waals surface area (Å²) >= 11 is 1.41. The first-order valence-electron chi connectivity index (χ1n) is 7.81. The molecule has 0 aliphatic heterocycles. The molecule has 2 heterocycles. The van der Waals surface area contributed by atoms with E-state index in [4.69, 9.17) is 8.83 Å². The molecule has 0 N–H and O–H groups in total. The normalized spacial score (nSPS) is 10.9. The minimum Gasteiger partial charge on any atom is -0.440 e. The van der Waals surface area contributed by atoms with E-state index in [9.17, 15) is 0 Å². The van der Waals surface area contributed by atoms with Crippen LogP contribution in [-0.4, -0.2) is 15.2 Å². The molecular formula is C19H15N3O2S.